The zero-order valence-corrected chi connectivity index (χ0v) is 17.9. The van der Waals surface area contributed by atoms with Gasteiger partial charge in [0.25, 0.3) is 0 Å². The molecular formula is C23H25N7O2. The highest BCUT2D eigenvalue weighted by atomic mass is 16.3. The number of aromatic nitrogens is 3. The van der Waals surface area contributed by atoms with Crippen LogP contribution in [-0.2, 0) is 17.9 Å². The Morgan fingerprint density at radius 1 is 1.22 bits per heavy atom. The monoisotopic (exact) mass is 431 g/mol. The van der Waals surface area contributed by atoms with Crippen LogP contribution < -0.4 is 5.32 Å². The molecule has 3 aliphatic rings. The van der Waals surface area contributed by atoms with Gasteiger partial charge in [-0.25, -0.2) is 9.67 Å². The largest absolute Gasteiger partial charge is 0.394 e. The van der Waals surface area contributed by atoms with E-state index in [0.29, 0.717) is 18.8 Å². The third-order valence-electron chi connectivity index (χ3n) is 6.20. The Labute approximate surface area is 185 Å². The van der Waals surface area contributed by atoms with Crippen molar-refractivity contribution in [3.05, 3.63) is 70.5 Å². The lowest BCUT2D eigenvalue weighted by molar-refractivity contribution is -0.113. The molecule has 2 aromatic rings. The topological polar surface area (TPSA) is 117 Å². The average Bonchev–Trinajstić information content (AvgIpc) is 3.18. The fraction of sp³-hybridized carbons (Fsp3) is 0.391. The summed E-state index contributed by atoms with van der Waals surface area (Å²) in [5.74, 6) is 0.504. The summed E-state index contributed by atoms with van der Waals surface area (Å²) in [6.07, 6.45) is 3.83. The second kappa shape index (κ2) is 8.68. The number of hydrogen-bond donors (Lipinski definition) is 2. The van der Waals surface area contributed by atoms with E-state index in [9.17, 15) is 9.90 Å². The lowest BCUT2D eigenvalue weighted by atomic mass is 9.70. The Balaban J connectivity index is 1.66. The number of nitrogens with zero attached hydrogens (tertiary/aromatic N) is 6. The Kier molecular flexibility index (Phi) is 5.59. The number of allylic oxidation sites excluding steroid dienone is 1. The van der Waals surface area contributed by atoms with Crippen LogP contribution in [0.25, 0.3) is 0 Å². The molecule has 2 atom stereocenters. The van der Waals surface area contributed by atoms with Crippen LogP contribution >= 0.6 is 0 Å². The van der Waals surface area contributed by atoms with Gasteiger partial charge in [0, 0.05) is 24.1 Å². The Morgan fingerprint density at radius 2 is 2.06 bits per heavy atom. The van der Waals surface area contributed by atoms with Gasteiger partial charge in [-0.3, -0.25) is 9.79 Å². The smallest absolute Gasteiger partial charge is 0.179 e. The van der Waals surface area contributed by atoms with Crippen molar-refractivity contribution in [2.24, 2.45) is 15.2 Å². The zero-order valence-electron chi connectivity index (χ0n) is 17.9. The van der Waals surface area contributed by atoms with Gasteiger partial charge >= 0.3 is 0 Å². The number of aliphatic hydroxyl groups is 1. The molecule has 9 nitrogen and oxygen atoms in total. The molecule has 3 heterocycles. The first-order chi connectivity index (χ1) is 15.7. The molecule has 9 heteroatoms. The van der Waals surface area contributed by atoms with E-state index in [1.807, 2.05) is 7.05 Å². The number of carbonyl (C=O) groups excluding carboxylic acids is 1. The highest BCUT2D eigenvalue weighted by Crippen LogP contribution is 2.47. The summed E-state index contributed by atoms with van der Waals surface area (Å²) in [5.41, 5.74) is 5.87. The minimum Gasteiger partial charge on any atom is -0.394 e. The molecule has 0 spiro atoms. The number of ketones is 1. The third kappa shape index (κ3) is 3.63. The van der Waals surface area contributed by atoms with Crippen molar-refractivity contribution in [2.45, 2.75) is 31.3 Å². The van der Waals surface area contributed by atoms with Crippen LogP contribution in [-0.4, -0.2) is 58.1 Å². The predicted octanol–water partition coefficient (Wildman–Crippen LogP) is 1.93. The van der Waals surface area contributed by atoms with Crippen LogP contribution in [0, 0.1) is 0 Å². The van der Waals surface area contributed by atoms with E-state index in [1.165, 1.54) is 17.5 Å². The molecule has 32 heavy (non-hydrogen) atoms. The second-order valence-electron chi connectivity index (χ2n) is 8.20. The van der Waals surface area contributed by atoms with Crippen molar-refractivity contribution in [1.82, 2.24) is 20.1 Å². The number of aliphatic hydroxyl groups excluding tert-OH is 1. The number of azo groups is 1. The molecule has 0 fully saturated rings. The molecule has 0 bridgehead atoms. The fourth-order valence-electron chi connectivity index (χ4n) is 4.84. The zero-order chi connectivity index (χ0) is 22.1. The number of carbonyl (C=O) groups is 1. The molecule has 1 aliphatic carbocycles. The summed E-state index contributed by atoms with van der Waals surface area (Å²) in [6.45, 7) is 1.69. The van der Waals surface area contributed by atoms with Gasteiger partial charge in [-0.2, -0.15) is 15.3 Å². The first kappa shape index (κ1) is 20.6. The molecule has 5 rings (SSSR count). The quantitative estimate of drug-likeness (QED) is 0.725. The highest BCUT2D eigenvalue weighted by Gasteiger charge is 2.42. The molecule has 2 unspecified atom stereocenters. The maximum atomic E-state index is 12.4. The lowest BCUT2D eigenvalue weighted by Crippen LogP contribution is -2.33. The van der Waals surface area contributed by atoms with Gasteiger partial charge in [0.05, 0.1) is 37.0 Å². The molecule has 164 valence electrons. The van der Waals surface area contributed by atoms with Crippen molar-refractivity contribution < 1.29 is 9.90 Å². The van der Waals surface area contributed by atoms with Gasteiger partial charge < -0.3 is 10.4 Å². The Bertz CT molecular complexity index is 1160. The maximum absolute atomic E-state index is 12.4. The number of aliphatic imine (C=N–C) groups is 1. The summed E-state index contributed by atoms with van der Waals surface area (Å²) < 4.78 is 1.74. The Morgan fingerprint density at radius 3 is 2.84 bits per heavy atom. The van der Waals surface area contributed by atoms with Crippen molar-refractivity contribution in [2.75, 3.05) is 26.7 Å². The minimum absolute atomic E-state index is 0.0370. The highest BCUT2D eigenvalue weighted by molar-refractivity contribution is 6.13. The summed E-state index contributed by atoms with van der Waals surface area (Å²) in [5, 5.41) is 25.6. The van der Waals surface area contributed by atoms with Gasteiger partial charge in [0.15, 0.2) is 5.78 Å². The van der Waals surface area contributed by atoms with Gasteiger partial charge in [0.2, 0.25) is 0 Å². The van der Waals surface area contributed by atoms with Crippen LogP contribution in [0.15, 0.2) is 68.7 Å². The summed E-state index contributed by atoms with van der Waals surface area (Å²) in [6, 6.07) is 8.59. The van der Waals surface area contributed by atoms with E-state index < -0.39 is 0 Å². The van der Waals surface area contributed by atoms with Crippen LogP contribution in [0.3, 0.4) is 0 Å². The Hall–Kier alpha value is -3.30. The van der Waals surface area contributed by atoms with Crippen molar-refractivity contribution >= 4 is 11.5 Å². The van der Waals surface area contributed by atoms with Crippen LogP contribution in [0.2, 0.25) is 0 Å². The SMILES string of the molecule is CNCc1ccc(C2CC3=C4C(=CC(=O)CN=C4C2c2ncnn2CCO)N=NC3)cc1. The van der Waals surface area contributed by atoms with E-state index in [4.69, 9.17) is 4.99 Å². The minimum atomic E-state index is -0.208. The molecule has 0 saturated heterocycles. The van der Waals surface area contributed by atoms with Crippen LogP contribution in [0.1, 0.15) is 35.2 Å². The molecule has 2 N–H and O–H groups in total. The molecular weight excluding hydrogens is 406 g/mol. The van der Waals surface area contributed by atoms with Gasteiger partial charge in [-0.05, 0) is 30.2 Å². The van der Waals surface area contributed by atoms with E-state index in [2.05, 4.69) is 49.9 Å². The number of nitrogens with one attached hydrogen (secondary N) is 1. The normalized spacial score (nSPS) is 22.4. The van der Waals surface area contributed by atoms with Gasteiger partial charge in [-0.1, -0.05) is 24.3 Å². The van der Waals surface area contributed by atoms with Crippen molar-refractivity contribution in [1.29, 1.82) is 0 Å². The molecule has 2 aliphatic heterocycles. The first-order valence-corrected chi connectivity index (χ1v) is 10.8. The summed E-state index contributed by atoms with van der Waals surface area (Å²) >= 11 is 0. The van der Waals surface area contributed by atoms with Crippen molar-refractivity contribution in [3.63, 3.8) is 0 Å². The summed E-state index contributed by atoms with van der Waals surface area (Å²) in [7, 11) is 1.93. The van der Waals surface area contributed by atoms with Gasteiger partial charge in [0.1, 0.15) is 18.7 Å². The molecule has 0 amide bonds. The van der Waals surface area contributed by atoms with Crippen LogP contribution in [0.5, 0.6) is 0 Å². The van der Waals surface area contributed by atoms with Crippen LogP contribution in [0.4, 0.5) is 0 Å². The van der Waals surface area contributed by atoms with E-state index >= 15 is 0 Å². The molecule has 1 aromatic heterocycles. The third-order valence-corrected chi connectivity index (χ3v) is 6.20. The lowest BCUT2D eigenvalue weighted by Gasteiger charge is -2.36. The number of rotatable bonds is 6. The fourth-order valence-corrected chi connectivity index (χ4v) is 4.84. The first-order valence-electron chi connectivity index (χ1n) is 10.8. The second-order valence-corrected chi connectivity index (χ2v) is 8.20. The van der Waals surface area contributed by atoms with E-state index in [1.54, 1.807) is 10.8 Å². The molecule has 0 radical (unpaired) electrons. The van der Waals surface area contributed by atoms with Crippen molar-refractivity contribution in [3.8, 4) is 0 Å². The number of hydrogen-bond acceptors (Lipinski definition) is 8. The number of benzene rings is 1. The predicted molar refractivity (Wildman–Crippen MR) is 119 cm³/mol. The molecule has 1 aromatic carbocycles. The van der Waals surface area contributed by atoms with E-state index in [0.717, 1.165) is 35.6 Å². The standard InChI is InChI=1S/C23H25N7O2/c1-24-10-14-2-4-15(5-3-14)18-8-16-11-27-29-19-9-17(32)12-25-22(20(16)19)21(18)23-26-13-28-30(23)6-7-31/h2-5,9,13,18,21,24,31H,6-8,10-12H2,1H3. The molecule has 0 saturated carbocycles. The van der Waals surface area contributed by atoms with Gasteiger partial charge in [-0.15, -0.1) is 0 Å². The average molecular weight is 432 g/mol. The van der Waals surface area contributed by atoms with E-state index in [-0.39, 0.29) is 30.8 Å². The maximum Gasteiger partial charge on any atom is 0.179 e. The summed E-state index contributed by atoms with van der Waals surface area (Å²) in [4.78, 5) is 21.7.